The Morgan fingerprint density at radius 2 is 1.56 bits per heavy atom. The van der Waals surface area contributed by atoms with E-state index in [-0.39, 0.29) is 12.3 Å². The van der Waals surface area contributed by atoms with Crippen molar-refractivity contribution in [1.82, 2.24) is 5.32 Å². The lowest BCUT2D eigenvalue weighted by Crippen LogP contribution is -2.43. The predicted octanol–water partition coefficient (Wildman–Crippen LogP) is 1.12. The molecule has 0 heterocycles. The highest BCUT2D eigenvalue weighted by molar-refractivity contribution is 6.61. The molecule has 0 aliphatic rings. The van der Waals surface area contributed by atoms with E-state index in [0.717, 1.165) is 16.6 Å². The van der Waals surface area contributed by atoms with Crippen LogP contribution in [0.3, 0.4) is 0 Å². The number of esters is 1. The van der Waals surface area contributed by atoms with Gasteiger partial charge in [-0.2, -0.15) is 0 Å². The first-order chi connectivity index (χ1) is 13.1. The molecule has 2 rings (SSSR count). The van der Waals surface area contributed by atoms with Crippen LogP contribution in [0.25, 0.3) is 0 Å². The van der Waals surface area contributed by atoms with Gasteiger partial charge in [-0.3, -0.25) is 4.79 Å². The summed E-state index contributed by atoms with van der Waals surface area (Å²) < 4.78 is 15.3. The van der Waals surface area contributed by atoms with Crippen LogP contribution in [0.15, 0.2) is 54.6 Å². The third-order valence-corrected chi connectivity index (χ3v) is 4.15. The average Bonchev–Trinajstić information content (AvgIpc) is 2.69. The third-order valence-electron chi connectivity index (χ3n) is 4.15. The third kappa shape index (κ3) is 6.23. The molecule has 7 heteroatoms. The second-order valence-electron chi connectivity index (χ2n) is 6.05. The van der Waals surface area contributed by atoms with Gasteiger partial charge in [0.1, 0.15) is 6.04 Å². The molecule has 6 nitrogen and oxygen atoms in total. The van der Waals surface area contributed by atoms with Crippen LogP contribution >= 0.6 is 0 Å². The molecule has 0 saturated heterocycles. The highest BCUT2D eigenvalue weighted by Crippen LogP contribution is 2.06. The van der Waals surface area contributed by atoms with E-state index >= 15 is 0 Å². The van der Waals surface area contributed by atoms with E-state index in [1.54, 1.807) is 14.2 Å². The Bertz CT molecular complexity index is 732. The molecular formula is C20H24BNO5. The fourth-order valence-electron chi connectivity index (χ4n) is 2.78. The topological polar surface area (TPSA) is 73.9 Å². The minimum Gasteiger partial charge on any atom is -0.467 e. The normalized spacial score (nSPS) is 11.5. The first kappa shape index (κ1) is 20.7. The number of hydrogen-bond donors (Lipinski definition) is 1. The van der Waals surface area contributed by atoms with Gasteiger partial charge in [0.15, 0.2) is 0 Å². The zero-order valence-corrected chi connectivity index (χ0v) is 15.8. The number of methoxy groups -OCH3 is 1. The quantitative estimate of drug-likeness (QED) is 0.530. The van der Waals surface area contributed by atoms with Crippen molar-refractivity contribution < 1.29 is 23.6 Å². The minimum atomic E-state index is -0.752. The van der Waals surface area contributed by atoms with Crippen molar-refractivity contribution in [3.8, 4) is 0 Å². The predicted molar refractivity (Wildman–Crippen MR) is 104 cm³/mol. The molecule has 1 N–H and O–H groups in total. The van der Waals surface area contributed by atoms with E-state index in [0.29, 0.717) is 6.42 Å². The van der Waals surface area contributed by atoms with Crippen LogP contribution in [-0.2, 0) is 36.5 Å². The summed E-state index contributed by atoms with van der Waals surface area (Å²) in [6.45, 7) is 0. The van der Waals surface area contributed by atoms with Crippen LogP contribution in [0.5, 0.6) is 0 Å². The summed E-state index contributed by atoms with van der Waals surface area (Å²) in [7, 11) is 4.00. The molecule has 2 aromatic rings. The van der Waals surface area contributed by atoms with Gasteiger partial charge in [0.25, 0.3) is 0 Å². The van der Waals surface area contributed by atoms with Crippen LogP contribution in [0.4, 0.5) is 0 Å². The molecule has 0 aromatic heterocycles. The van der Waals surface area contributed by atoms with E-state index in [1.807, 2.05) is 54.6 Å². The van der Waals surface area contributed by atoms with Gasteiger partial charge in [-0.1, -0.05) is 54.6 Å². The van der Waals surface area contributed by atoms with Crippen molar-refractivity contribution in [3.63, 3.8) is 0 Å². The lowest BCUT2D eigenvalue weighted by molar-refractivity contribution is -0.145. The molecule has 1 amide bonds. The maximum Gasteiger partial charge on any atom is 0.493 e. The molecular weight excluding hydrogens is 345 g/mol. The molecule has 0 aliphatic heterocycles. The second kappa shape index (κ2) is 10.5. The summed E-state index contributed by atoms with van der Waals surface area (Å²) in [4.78, 5) is 24.4. The monoisotopic (exact) mass is 369 g/mol. The maximum absolute atomic E-state index is 12.3. The molecule has 0 fully saturated rings. The highest BCUT2D eigenvalue weighted by atomic mass is 16.6. The number of nitrogens with one attached hydrogen (secondary N) is 1. The number of hydrogen-bond acceptors (Lipinski definition) is 5. The van der Waals surface area contributed by atoms with E-state index in [9.17, 15) is 9.59 Å². The minimum absolute atomic E-state index is 0.205. The van der Waals surface area contributed by atoms with Gasteiger partial charge in [0, 0.05) is 20.6 Å². The van der Waals surface area contributed by atoms with E-state index in [1.165, 1.54) is 7.11 Å². The fraction of sp³-hybridized carbons (Fsp3) is 0.300. The summed E-state index contributed by atoms with van der Waals surface area (Å²) in [5.74, 6) is -0.709. The van der Waals surface area contributed by atoms with Crippen LogP contribution in [-0.4, -0.2) is 46.4 Å². The van der Waals surface area contributed by atoms with Gasteiger partial charge in [-0.05, 0) is 16.6 Å². The standard InChI is InChI=1S/C20H24BNO5/c1-25-20(24)18(22-19(23)14-15-7-5-4-6-8-15)13-16-9-11-17(12-10-16)21(26-2)27-3/h4-12,18H,13-14H2,1-3H3,(H,22,23)/t18-/m0/s1. The Kier molecular flexibility index (Phi) is 8.04. The van der Waals surface area contributed by atoms with Crippen molar-refractivity contribution in [1.29, 1.82) is 0 Å². The summed E-state index contributed by atoms with van der Waals surface area (Å²) in [5.41, 5.74) is 2.64. The van der Waals surface area contributed by atoms with Crippen molar-refractivity contribution in [2.45, 2.75) is 18.9 Å². The number of carbonyl (C=O) groups is 2. The summed E-state index contributed by atoms with van der Waals surface area (Å²) in [5, 5.41) is 2.76. The molecule has 142 valence electrons. The molecule has 0 radical (unpaired) electrons. The van der Waals surface area contributed by atoms with Crippen LogP contribution in [0, 0.1) is 0 Å². The second-order valence-corrected chi connectivity index (χ2v) is 6.05. The number of amides is 1. The maximum atomic E-state index is 12.3. The first-order valence-electron chi connectivity index (χ1n) is 8.63. The molecule has 0 aliphatic carbocycles. The molecule has 1 atom stereocenters. The number of rotatable bonds is 9. The summed E-state index contributed by atoms with van der Waals surface area (Å²) >= 11 is 0. The molecule has 0 unspecified atom stereocenters. The molecule has 0 spiro atoms. The van der Waals surface area contributed by atoms with Gasteiger partial charge in [0.05, 0.1) is 13.5 Å². The lowest BCUT2D eigenvalue weighted by atomic mass is 9.78. The molecule has 27 heavy (non-hydrogen) atoms. The van der Waals surface area contributed by atoms with Crippen molar-refractivity contribution in [2.75, 3.05) is 21.3 Å². The first-order valence-corrected chi connectivity index (χ1v) is 8.63. The lowest BCUT2D eigenvalue weighted by Gasteiger charge is -2.17. The van der Waals surface area contributed by atoms with Crippen LogP contribution < -0.4 is 10.8 Å². The highest BCUT2D eigenvalue weighted by Gasteiger charge is 2.23. The smallest absolute Gasteiger partial charge is 0.467 e. The van der Waals surface area contributed by atoms with E-state index in [2.05, 4.69) is 5.32 Å². The van der Waals surface area contributed by atoms with Crippen LogP contribution in [0.1, 0.15) is 11.1 Å². The summed E-state index contributed by atoms with van der Waals surface area (Å²) in [6, 6.07) is 16.1. The molecule has 2 aromatic carbocycles. The van der Waals surface area contributed by atoms with E-state index in [4.69, 9.17) is 14.0 Å². The van der Waals surface area contributed by atoms with Gasteiger partial charge in [0.2, 0.25) is 5.91 Å². The molecule has 0 saturated carbocycles. The number of ether oxygens (including phenoxy) is 1. The Hall–Kier alpha value is -2.64. The molecule has 0 bridgehead atoms. The van der Waals surface area contributed by atoms with Gasteiger partial charge in [-0.15, -0.1) is 0 Å². The summed E-state index contributed by atoms with van der Waals surface area (Å²) in [6.07, 6.45) is 0.536. The Morgan fingerprint density at radius 1 is 0.926 bits per heavy atom. The van der Waals surface area contributed by atoms with Crippen LogP contribution in [0.2, 0.25) is 0 Å². The van der Waals surface area contributed by atoms with Crippen molar-refractivity contribution in [3.05, 3.63) is 65.7 Å². The number of carbonyl (C=O) groups excluding carboxylic acids is 2. The SMILES string of the molecule is COB(OC)c1ccc(C[C@H](NC(=O)Cc2ccccc2)C(=O)OC)cc1. The fourth-order valence-corrected chi connectivity index (χ4v) is 2.78. The van der Waals surface area contributed by atoms with E-state index < -0.39 is 19.1 Å². The Balaban J connectivity index is 2.03. The zero-order valence-electron chi connectivity index (χ0n) is 15.8. The zero-order chi connectivity index (χ0) is 19.6. The van der Waals surface area contributed by atoms with Gasteiger partial charge >= 0.3 is 13.1 Å². The Morgan fingerprint density at radius 3 is 2.11 bits per heavy atom. The van der Waals surface area contributed by atoms with Crippen molar-refractivity contribution in [2.24, 2.45) is 0 Å². The van der Waals surface area contributed by atoms with Crippen molar-refractivity contribution >= 4 is 24.5 Å². The van der Waals surface area contributed by atoms with Gasteiger partial charge < -0.3 is 19.4 Å². The average molecular weight is 369 g/mol. The largest absolute Gasteiger partial charge is 0.493 e. The number of benzene rings is 2. The van der Waals surface area contributed by atoms with Gasteiger partial charge in [-0.25, -0.2) is 4.79 Å². The Labute approximate surface area is 160 Å².